The maximum Gasteiger partial charge on any atom is 0.222 e. The van der Waals surface area contributed by atoms with Crippen molar-refractivity contribution in [1.82, 2.24) is 68.6 Å². The number of aromatic amines is 1. The van der Waals surface area contributed by atoms with E-state index in [0.717, 1.165) is 49.2 Å². The van der Waals surface area contributed by atoms with Gasteiger partial charge in [-0.25, -0.2) is 0 Å². The summed E-state index contributed by atoms with van der Waals surface area (Å²) in [5, 5.41) is 18.0. The van der Waals surface area contributed by atoms with Crippen molar-refractivity contribution in [1.29, 1.82) is 0 Å². The Hall–Kier alpha value is -5.68. The maximum absolute atomic E-state index is 13.1. The van der Waals surface area contributed by atoms with Crippen LogP contribution >= 0.6 is 7.57 Å². The predicted octanol–water partition coefficient (Wildman–Crippen LogP) is 11.8. The number of H-pyrrole nitrogens is 1. The fraction of sp³-hybridized carbons (Fsp3) is 0.856. The molecule has 0 bridgehead atoms. The standard InChI is InChI=1S/C98H178N10O24.C4H10O3P.C2H3N3/c1-14-91-77(8)74(5)80(11)95(130-91)127-65-62-121-59-56-118-53-50-115-47-41-106-68-83(100-103-106)31-34-86(109)26-20-18-22-28-89(112)37-44-124-71-98(17-4,72-125-45-38-90(113)29-23-19-21-27-87(110)35-32-84-69-107(104-101-84)42-48-116-51-54-119-57-60-122-63-66-128-96-81(12)75(6)78(9)92(15-2)131-96)73-126-46-39-94(114)99-40-25-24-30-88(111)36-33-85-70-108(105-102-85)43-49-117-52-55-120-58-61-123-64-67-129-97-82(13)76(7)79(10)93(16-3)132-97;1-4-7-8(3,5)6-2;1-2-4-5-3-1/h68-70,74-82,91-93,95-97,100-105H,14-67,71-73H2,1-13H3,(H,99,114);3-4H2,1-2H3;1-2H,(H,3,4,5)/q;-1;/t74-,75-,76-,77-,78-,79-,80?,81?,82?,91?,92?,93?,95-,96-,97-,98?;;/m0../s1. The van der Waals surface area contributed by atoms with Crippen molar-refractivity contribution in [2.75, 3.05) is 218 Å². The number of Topliss-reactive ketones (excluding diaryl/α,β-unsaturated/α-hetero) is 5. The molecule has 0 aromatic carbocycles. The average Bonchev–Trinajstić information content (AvgIpc) is 1.23. The Bertz CT molecular complexity index is 3330. The first kappa shape index (κ1) is 130. The van der Waals surface area contributed by atoms with Crippen LogP contribution in [0.2, 0.25) is 0 Å². The van der Waals surface area contributed by atoms with Crippen LogP contribution in [0.3, 0.4) is 0 Å². The second kappa shape index (κ2) is 80.2. The van der Waals surface area contributed by atoms with E-state index in [1.807, 2.05) is 40.6 Å². The molecule has 7 unspecified atom stereocenters. The van der Waals surface area contributed by atoms with E-state index in [2.05, 4.69) is 152 Å². The third-order valence-corrected chi connectivity index (χ3v) is 29.1. The van der Waals surface area contributed by atoms with E-state index in [0.29, 0.717) is 340 Å². The zero-order valence-electron chi connectivity index (χ0n) is 91.0. The van der Waals surface area contributed by atoms with Gasteiger partial charge in [0.05, 0.1) is 229 Å². The normalized spacial score (nSPS) is 23.4. The van der Waals surface area contributed by atoms with Crippen LogP contribution in [0.25, 0.3) is 0 Å². The van der Waals surface area contributed by atoms with E-state index in [1.165, 1.54) is 7.11 Å². The third-order valence-electron chi connectivity index (χ3n) is 27.8. The Morgan fingerprint density at radius 2 is 0.662 bits per heavy atom. The van der Waals surface area contributed by atoms with E-state index >= 15 is 0 Å². The minimum Gasteiger partial charge on any atom is -0.789 e. The lowest BCUT2D eigenvalue weighted by molar-refractivity contribution is -0.251. The Morgan fingerprint density at radius 1 is 0.372 bits per heavy atom. The molecule has 16 atom stereocenters. The van der Waals surface area contributed by atoms with Gasteiger partial charge in [0.1, 0.15) is 28.9 Å². The smallest absolute Gasteiger partial charge is 0.222 e. The zero-order chi connectivity index (χ0) is 105. The zero-order valence-corrected chi connectivity index (χ0v) is 91.9. The summed E-state index contributed by atoms with van der Waals surface area (Å²) in [6.45, 7) is 44.5. The second-order valence-electron chi connectivity index (χ2n) is 38.7. The molecule has 1 aromatic rings. The summed E-state index contributed by atoms with van der Waals surface area (Å²) >= 11 is 0. The number of amides is 1. The topological polar surface area (TPSA) is 446 Å². The van der Waals surface area contributed by atoms with Crippen LogP contribution in [0.1, 0.15) is 264 Å². The SMILES string of the molecule is C=P([O-])(OC)OCC.CCC1O[C@H](OCCOCCOCCOCCN2C=C(CCC(=O)CCCCCC(=O)CCOCC(CC)(COCCC(=O)CCCCCC(=O)CCC3=CN(CCOCCOCCOCCO[C@H]4OC(CC)[C@@H](C)[C@H](C)C4C)NN3)COCCC(=O)NCCCCC(=O)CCC3=CN(CCOCCOCCOCCO[C@H]4OC(CC)[C@@H](C)[C@H](C)C4C)NN3)NN2)C(C)[C@@H](C)[C@@H]1C.c1cn[nH]n1. The van der Waals surface area contributed by atoms with Crippen LogP contribution in [-0.2, 0) is 123 Å². The number of nitrogens with one attached hydrogen (secondary N) is 8. The molecule has 0 radical (unpaired) electrons. The van der Waals surface area contributed by atoms with Gasteiger partial charge in [-0.3, -0.25) is 43.8 Å². The van der Waals surface area contributed by atoms with Crippen molar-refractivity contribution in [3.8, 4) is 0 Å². The van der Waals surface area contributed by atoms with Crippen LogP contribution in [-0.4, -0.2) is 327 Å². The van der Waals surface area contributed by atoms with Crippen molar-refractivity contribution < 1.29 is 128 Å². The van der Waals surface area contributed by atoms with Crippen molar-refractivity contribution in [3.63, 3.8) is 0 Å². The molecular formula is C104H191N13O27P-. The first-order valence-corrected chi connectivity index (χ1v) is 55.9. The first-order valence-electron chi connectivity index (χ1n) is 54.2. The van der Waals surface area contributed by atoms with Crippen molar-refractivity contribution in [2.45, 2.75) is 301 Å². The molecule has 7 heterocycles. The molecule has 0 saturated carbocycles. The van der Waals surface area contributed by atoms with Crippen LogP contribution in [0.5, 0.6) is 0 Å². The highest BCUT2D eigenvalue weighted by atomic mass is 31.2. The van der Waals surface area contributed by atoms with Crippen LogP contribution in [0.4, 0.5) is 0 Å². The third kappa shape index (κ3) is 58.1. The van der Waals surface area contributed by atoms with Crippen molar-refractivity contribution in [3.05, 3.63) is 48.1 Å². The minimum absolute atomic E-state index is 0.0902. The van der Waals surface area contributed by atoms with E-state index in [9.17, 15) is 33.7 Å². The van der Waals surface area contributed by atoms with Gasteiger partial charge in [0.2, 0.25) is 5.91 Å². The monoisotopic (exact) mass is 2090 g/mol. The predicted molar refractivity (Wildman–Crippen MR) is 552 cm³/mol. The summed E-state index contributed by atoms with van der Waals surface area (Å²) in [7, 11) is -1.61. The highest BCUT2D eigenvalue weighted by Crippen LogP contribution is 2.40. The minimum atomic E-state index is -2.92. The molecule has 40 nitrogen and oxygen atoms in total. The van der Waals surface area contributed by atoms with Gasteiger partial charge in [-0.2, -0.15) is 15.4 Å². The van der Waals surface area contributed by atoms with E-state index in [-0.39, 0.29) is 131 Å². The van der Waals surface area contributed by atoms with Gasteiger partial charge in [0, 0.05) is 157 Å². The van der Waals surface area contributed by atoms with Crippen LogP contribution in [0.15, 0.2) is 48.1 Å². The molecule has 3 saturated heterocycles. The molecular weight excluding hydrogens is 1890 g/mol. The van der Waals surface area contributed by atoms with E-state index < -0.39 is 13.0 Å². The molecule has 1 amide bonds. The number of hydrogen-bond acceptors (Lipinski definition) is 38. The van der Waals surface area contributed by atoms with Crippen molar-refractivity contribution >= 4 is 48.7 Å². The molecule has 0 spiro atoms. The van der Waals surface area contributed by atoms with Crippen LogP contribution < -0.4 is 43.1 Å². The maximum atomic E-state index is 13.1. The Balaban J connectivity index is 0.00000264. The van der Waals surface area contributed by atoms with Gasteiger partial charge in [0.15, 0.2) is 18.9 Å². The number of carbonyl (C=O) groups excluding carboxylic acids is 6. The Kier molecular flexibility index (Phi) is 71.8. The molecule has 1 aromatic heterocycles. The first-order chi connectivity index (χ1) is 70.2. The number of carbonyl (C=O) groups is 6. The average molecular weight is 2090 g/mol. The highest BCUT2D eigenvalue weighted by Gasteiger charge is 2.42. The number of unbranched alkanes of at least 4 members (excludes halogenated alkanes) is 5. The number of rotatable bonds is 87. The van der Waals surface area contributed by atoms with Gasteiger partial charge >= 0.3 is 0 Å². The number of hydrogen-bond donors (Lipinski definition) is 8. The second-order valence-corrected chi connectivity index (χ2v) is 40.6. The Labute approximate surface area is 867 Å². The lowest BCUT2D eigenvalue weighted by atomic mass is 9.78. The molecule has 0 aliphatic carbocycles. The molecule has 6 aliphatic heterocycles. The molecule has 7 rings (SSSR count). The number of allylic oxidation sites excluding steroid dienone is 3. The highest BCUT2D eigenvalue weighted by molar-refractivity contribution is 7.57. The quantitative estimate of drug-likeness (QED) is 0.0222. The van der Waals surface area contributed by atoms with E-state index in [4.69, 9.17) is 85.3 Å². The summed E-state index contributed by atoms with van der Waals surface area (Å²) in [6.07, 6.45) is 27.3. The van der Waals surface area contributed by atoms with Gasteiger partial charge in [0.25, 0.3) is 0 Å². The lowest BCUT2D eigenvalue weighted by Gasteiger charge is -2.43. The number of nitrogens with zero attached hydrogens (tertiary/aromatic N) is 5. The molecule has 3 fully saturated rings. The summed E-state index contributed by atoms with van der Waals surface area (Å²) < 4.78 is 116. The molecule has 840 valence electrons. The summed E-state index contributed by atoms with van der Waals surface area (Å²) in [5.74, 6) is 4.72. The Morgan fingerprint density at radius 3 is 0.938 bits per heavy atom. The van der Waals surface area contributed by atoms with Gasteiger partial charge in [-0.15, -0.1) is 16.6 Å². The lowest BCUT2D eigenvalue weighted by Crippen LogP contribution is -2.45. The van der Waals surface area contributed by atoms with Crippen molar-refractivity contribution in [2.24, 2.45) is 58.7 Å². The van der Waals surface area contributed by atoms with Crippen LogP contribution in [0, 0.1) is 58.7 Å². The van der Waals surface area contributed by atoms with E-state index in [1.54, 1.807) is 19.3 Å². The number of ether oxygens (including phenoxy) is 18. The molecule has 6 aliphatic rings. The number of ketones is 5. The van der Waals surface area contributed by atoms with Gasteiger partial charge in [-0.1, -0.05) is 109 Å². The molecule has 41 heteroatoms. The summed E-state index contributed by atoms with van der Waals surface area (Å²) in [5.41, 5.74) is 20.9. The largest absolute Gasteiger partial charge is 0.789 e. The molecule has 8 N–H and O–H groups in total. The summed E-state index contributed by atoms with van der Waals surface area (Å²) in [4.78, 5) is 88.4. The number of aromatic nitrogens is 3. The van der Waals surface area contributed by atoms with Gasteiger partial charge < -0.3 is 121 Å². The molecule has 145 heavy (non-hydrogen) atoms. The fourth-order valence-electron chi connectivity index (χ4n) is 17.3. The van der Waals surface area contributed by atoms with Gasteiger partial charge in [-0.05, 0) is 126 Å². The summed E-state index contributed by atoms with van der Waals surface area (Å²) in [6, 6.07) is 0. The fourth-order valence-corrected chi connectivity index (χ4v) is 17.8. The number of hydrazine groups is 6.